The van der Waals surface area contributed by atoms with Crippen molar-refractivity contribution in [2.24, 2.45) is 0 Å². The standard InChI is InChI=1S/C19H34N2O2/c1-2-7-18(6-1)16-20(12-14-22-18)10-5-11-21-13-15-23-19(17-21)8-3-4-9-19/h1-17H2. The molecule has 0 bridgehead atoms. The fourth-order valence-electron chi connectivity index (χ4n) is 5.39. The number of hydrogen-bond acceptors (Lipinski definition) is 4. The van der Waals surface area contributed by atoms with Gasteiger partial charge in [-0.25, -0.2) is 0 Å². The SMILES string of the molecule is C(CN1CCOC2(CCCC2)C1)CN1CCOC2(CCCC2)C1. The van der Waals surface area contributed by atoms with Gasteiger partial charge in [-0.1, -0.05) is 25.7 Å². The molecule has 4 nitrogen and oxygen atoms in total. The molecule has 4 aliphatic rings. The third kappa shape index (κ3) is 3.76. The van der Waals surface area contributed by atoms with Crippen LogP contribution in [-0.2, 0) is 9.47 Å². The summed E-state index contributed by atoms with van der Waals surface area (Å²) in [6.45, 7) is 9.01. The lowest BCUT2D eigenvalue weighted by Gasteiger charge is -2.42. The summed E-state index contributed by atoms with van der Waals surface area (Å²) in [5, 5.41) is 0. The van der Waals surface area contributed by atoms with Crippen molar-refractivity contribution in [2.45, 2.75) is 69.0 Å². The quantitative estimate of drug-likeness (QED) is 0.794. The van der Waals surface area contributed by atoms with Crippen molar-refractivity contribution in [1.82, 2.24) is 9.80 Å². The summed E-state index contributed by atoms with van der Waals surface area (Å²) in [6.07, 6.45) is 11.9. The first-order valence-electron chi connectivity index (χ1n) is 10.0. The van der Waals surface area contributed by atoms with Crippen molar-refractivity contribution in [1.29, 1.82) is 0 Å². The van der Waals surface area contributed by atoms with E-state index >= 15 is 0 Å². The van der Waals surface area contributed by atoms with Crippen molar-refractivity contribution < 1.29 is 9.47 Å². The number of hydrogen-bond donors (Lipinski definition) is 0. The molecule has 2 heterocycles. The van der Waals surface area contributed by atoms with Crippen molar-refractivity contribution in [3.05, 3.63) is 0 Å². The largest absolute Gasteiger partial charge is 0.372 e. The van der Waals surface area contributed by atoms with Gasteiger partial charge in [0.25, 0.3) is 0 Å². The molecule has 0 aromatic carbocycles. The Bertz CT molecular complexity index is 353. The fourth-order valence-corrected chi connectivity index (χ4v) is 5.39. The van der Waals surface area contributed by atoms with Crippen LogP contribution in [-0.4, -0.2) is 73.5 Å². The van der Waals surface area contributed by atoms with Gasteiger partial charge in [0.15, 0.2) is 0 Å². The lowest BCUT2D eigenvalue weighted by atomic mass is 9.99. The molecular weight excluding hydrogens is 288 g/mol. The van der Waals surface area contributed by atoms with Gasteiger partial charge < -0.3 is 9.47 Å². The van der Waals surface area contributed by atoms with Crippen LogP contribution in [0.1, 0.15) is 57.8 Å². The van der Waals surface area contributed by atoms with Gasteiger partial charge in [0.1, 0.15) is 0 Å². The molecule has 0 aromatic heterocycles. The second-order valence-electron chi connectivity index (χ2n) is 8.38. The summed E-state index contributed by atoms with van der Waals surface area (Å²) in [4.78, 5) is 5.33. The summed E-state index contributed by atoms with van der Waals surface area (Å²) < 4.78 is 12.3. The molecule has 2 saturated heterocycles. The predicted octanol–water partition coefficient (Wildman–Crippen LogP) is 2.67. The van der Waals surface area contributed by atoms with E-state index in [-0.39, 0.29) is 11.2 Å². The average molecular weight is 322 g/mol. The summed E-state index contributed by atoms with van der Waals surface area (Å²) in [5.74, 6) is 0. The molecule has 2 aliphatic carbocycles. The molecule has 0 radical (unpaired) electrons. The highest BCUT2D eigenvalue weighted by Gasteiger charge is 2.40. The molecule has 2 saturated carbocycles. The van der Waals surface area contributed by atoms with E-state index in [4.69, 9.17) is 9.47 Å². The zero-order chi connectivity index (χ0) is 15.6. The minimum atomic E-state index is 0.227. The Morgan fingerprint density at radius 3 is 1.52 bits per heavy atom. The Hall–Kier alpha value is -0.160. The van der Waals surface area contributed by atoms with Crippen molar-refractivity contribution in [3.63, 3.8) is 0 Å². The first-order valence-corrected chi connectivity index (χ1v) is 10.0. The molecular formula is C19H34N2O2. The highest BCUT2D eigenvalue weighted by atomic mass is 16.5. The third-order valence-corrected chi connectivity index (χ3v) is 6.63. The lowest BCUT2D eigenvalue weighted by molar-refractivity contribution is -0.111. The van der Waals surface area contributed by atoms with Gasteiger partial charge in [0.2, 0.25) is 0 Å². The van der Waals surface area contributed by atoms with Crippen molar-refractivity contribution in [3.8, 4) is 0 Å². The zero-order valence-corrected chi connectivity index (χ0v) is 14.7. The number of ether oxygens (including phenoxy) is 2. The summed E-state index contributed by atoms with van der Waals surface area (Å²) in [6, 6.07) is 0. The topological polar surface area (TPSA) is 24.9 Å². The average Bonchev–Trinajstić information content (AvgIpc) is 3.18. The van der Waals surface area contributed by atoms with Gasteiger partial charge >= 0.3 is 0 Å². The molecule has 0 amide bonds. The maximum absolute atomic E-state index is 6.15. The van der Waals surface area contributed by atoms with E-state index in [2.05, 4.69) is 9.80 Å². The van der Waals surface area contributed by atoms with Crippen LogP contribution in [0.15, 0.2) is 0 Å². The summed E-state index contributed by atoms with van der Waals surface area (Å²) in [5.41, 5.74) is 0.455. The van der Waals surface area contributed by atoms with E-state index < -0.39 is 0 Å². The van der Waals surface area contributed by atoms with E-state index in [0.717, 1.165) is 26.3 Å². The summed E-state index contributed by atoms with van der Waals surface area (Å²) in [7, 11) is 0. The Morgan fingerprint density at radius 2 is 1.09 bits per heavy atom. The zero-order valence-electron chi connectivity index (χ0n) is 14.7. The molecule has 0 atom stereocenters. The van der Waals surface area contributed by atoms with Crippen LogP contribution in [0.5, 0.6) is 0 Å². The highest BCUT2D eigenvalue weighted by Crippen LogP contribution is 2.37. The van der Waals surface area contributed by atoms with Gasteiger partial charge in [0.05, 0.1) is 24.4 Å². The lowest BCUT2D eigenvalue weighted by Crippen LogP contribution is -2.52. The van der Waals surface area contributed by atoms with Crippen LogP contribution in [0, 0.1) is 0 Å². The second kappa shape index (κ2) is 6.99. The van der Waals surface area contributed by atoms with Gasteiger partial charge in [-0.2, -0.15) is 0 Å². The fraction of sp³-hybridized carbons (Fsp3) is 1.00. The Balaban J connectivity index is 1.21. The second-order valence-corrected chi connectivity index (χ2v) is 8.38. The molecule has 2 spiro atoms. The Labute approximate surface area is 141 Å². The van der Waals surface area contributed by atoms with E-state index in [9.17, 15) is 0 Å². The van der Waals surface area contributed by atoms with Gasteiger partial charge in [-0.05, 0) is 45.2 Å². The van der Waals surface area contributed by atoms with Gasteiger partial charge in [-0.15, -0.1) is 0 Å². The first-order chi connectivity index (χ1) is 11.3. The minimum absolute atomic E-state index is 0.227. The van der Waals surface area contributed by atoms with Crippen LogP contribution in [0.2, 0.25) is 0 Å². The Morgan fingerprint density at radius 1 is 0.652 bits per heavy atom. The molecule has 0 unspecified atom stereocenters. The van der Waals surface area contributed by atoms with E-state index in [0.29, 0.717) is 0 Å². The minimum Gasteiger partial charge on any atom is -0.372 e. The number of nitrogens with zero attached hydrogens (tertiary/aromatic N) is 2. The van der Waals surface area contributed by atoms with Gasteiger partial charge in [-0.3, -0.25) is 9.80 Å². The van der Waals surface area contributed by atoms with Crippen LogP contribution < -0.4 is 0 Å². The smallest absolute Gasteiger partial charge is 0.0809 e. The number of rotatable bonds is 4. The molecule has 132 valence electrons. The predicted molar refractivity (Wildman–Crippen MR) is 91.8 cm³/mol. The van der Waals surface area contributed by atoms with Crippen LogP contribution >= 0.6 is 0 Å². The maximum Gasteiger partial charge on any atom is 0.0809 e. The van der Waals surface area contributed by atoms with Crippen LogP contribution in [0.3, 0.4) is 0 Å². The normalized spacial score (nSPS) is 31.3. The van der Waals surface area contributed by atoms with E-state index in [1.165, 1.54) is 84.0 Å². The maximum atomic E-state index is 6.15. The van der Waals surface area contributed by atoms with Crippen LogP contribution in [0.4, 0.5) is 0 Å². The van der Waals surface area contributed by atoms with Crippen LogP contribution in [0.25, 0.3) is 0 Å². The molecule has 23 heavy (non-hydrogen) atoms. The molecule has 4 rings (SSSR count). The highest BCUT2D eigenvalue weighted by molar-refractivity contribution is 4.93. The monoisotopic (exact) mass is 322 g/mol. The summed E-state index contributed by atoms with van der Waals surface area (Å²) >= 11 is 0. The molecule has 0 N–H and O–H groups in total. The van der Waals surface area contributed by atoms with Gasteiger partial charge in [0, 0.05) is 26.2 Å². The molecule has 4 fully saturated rings. The first kappa shape index (κ1) is 16.3. The third-order valence-electron chi connectivity index (χ3n) is 6.63. The van der Waals surface area contributed by atoms with Crippen molar-refractivity contribution >= 4 is 0 Å². The van der Waals surface area contributed by atoms with E-state index in [1.807, 2.05) is 0 Å². The van der Waals surface area contributed by atoms with E-state index in [1.54, 1.807) is 0 Å². The Kier molecular flexibility index (Phi) is 4.96. The molecule has 2 aliphatic heterocycles. The molecule has 4 heteroatoms. The molecule has 0 aromatic rings. The van der Waals surface area contributed by atoms with Crippen molar-refractivity contribution in [2.75, 3.05) is 52.5 Å². The number of morpholine rings is 2.